The molecule has 26 heavy (non-hydrogen) atoms. The zero-order valence-electron chi connectivity index (χ0n) is 13.8. The number of thiophene rings is 1. The van der Waals surface area contributed by atoms with Crippen LogP contribution in [0.2, 0.25) is 4.34 Å². The van der Waals surface area contributed by atoms with Crippen LogP contribution in [0.3, 0.4) is 0 Å². The fourth-order valence-electron chi connectivity index (χ4n) is 3.42. The number of fused-ring (bicyclic) bond motifs is 1. The molecule has 2 N–H and O–H groups in total. The molecule has 2 aromatic rings. The number of halogens is 1. The summed E-state index contributed by atoms with van der Waals surface area (Å²) in [5.41, 5.74) is 0.967. The number of imide groups is 1. The van der Waals surface area contributed by atoms with E-state index in [-0.39, 0.29) is 29.3 Å². The topological polar surface area (TPSA) is 78.5 Å². The van der Waals surface area contributed by atoms with Gasteiger partial charge in [-0.15, -0.1) is 11.3 Å². The molecule has 3 amide bonds. The molecule has 1 fully saturated rings. The lowest BCUT2D eigenvalue weighted by Crippen LogP contribution is -2.45. The largest absolute Gasteiger partial charge is 0.321 e. The number of hydrogen-bond donors (Lipinski definition) is 2. The molecule has 0 radical (unpaired) electrons. The zero-order chi connectivity index (χ0) is 18.3. The van der Waals surface area contributed by atoms with Gasteiger partial charge in [-0.05, 0) is 50.2 Å². The third kappa shape index (κ3) is 2.92. The predicted octanol–water partition coefficient (Wildman–Crippen LogP) is 3.00. The van der Waals surface area contributed by atoms with Gasteiger partial charge in [0.2, 0.25) is 0 Å². The molecule has 0 saturated carbocycles. The molecule has 0 bridgehead atoms. The zero-order valence-corrected chi connectivity index (χ0v) is 15.3. The molecule has 8 heteroatoms. The van der Waals surface area contributed by atoms with Gasteiger partial charge in [-0.25, -0.2) is 0 Å². The second-order valence-electron chi connectivity index (χ2n) is 6.25. The molecule has 1 aromatic heterocycles. The average Bonchev–Trinajstić information content (AvgIpc) is 3.18. The van der Waals surface area contributed by atoms with Gasteiger partial charge < -0.3 is 10.6 Å². The number of rotatable bonds is 3. The molecule has 0 aliphatic carbocycles. The van der Waals surface area contributed by atoms with E-state index in [0.29, 0.717) is 20.5 Å². The van der Waals surface area contributed by atoms with Gasteiger partial charge >= 0.3 is 0 Å². The third-order valence-electron chi connectivity index (χ3n) is 4.67. The molecule has 0 atom stereocenters. The Labute approximate surface area is 159 Å². The Balaban J connectivity index is 1.64. The van der Waals surface area contributed by atoms with Crippen LogP contribution in [-0.4, -0.2) is 41.8 Å². The molecule has 2 aliphatic rings. The summed E-state index contributed by atoms with van der Waals surface area (Å²) in [5, 5.41) is 5.98. The second kappa shape index (κ2) is 6.83. The highest BCUT2D eigenvalue weighted by Gasteiger charge is 2.41. The minimum absolute atomic E-state index is 0.108. The Morgan fingerprint density at radius 3 is 2.62 bits per heavy atom. The molecule has 1 saturated heterocycles. The van der Waals surface area contributed by atoms with Crippen molar-refractivity contribution >= 4 is 46.3 Å². The summed E-state index contributed by atoms with van der Waals surface area (Å²) in [6, 6.07) is 8.11. The quantitative estimate of drug-likeness (QED) is 0.791. The summed E-state index contributed by atoms with van der Waals surface area (Å²) >= 11 is 7.03. The maximum absolute atomic E-state index is 13.0. The Kier molecular flexibility index (Phi) is 4.52. The molecule has 134 valence electrons. The summed E-state index contributed by atoms with van der Waals surface area (Å²) in [4.78, 5) is 40.0. The molecule has 4 rings (SSSR count). The number of anilines is 1. The minimum atomic E-state index is -0.351. The number of piperidine rings is 1. The Morgan fingerprint density at radius 1 is 1.15 bits per heavy atom. The number of nitrogens with one attached hydrogen (secondary N) is 2. The Hall–Kier alpha value is -2.22. The smallest absolute Gasteiger partial charge is 0.265 e. The SMILES string of the molecule is O=C(Nc1cccc2c1C(=O)N(C1CCNCC1)C2=O)c1ccc(Cl)s1. The van der Waals surface area contributed by atoms with Crippen LogP contribution in [0, 0.1) is 0 Å². The first kappa shape index (κ1) is 17.2. The van der Waals surface area contributed by atoms with E-state index in [9.17, 15) is 14.4 Å². The predicted molar refractivity (Wildman–Crippen MR) is 100 cm³/mol. The van der Waals surface area contributed by atoms with Gasteiger partial charge in [-0.2, -0.15) is 0 Å². The average molecular weight is 390 g/mol. The van der Waals surface area contributed by atoms with Crippen LogP contribution >= 0.6 is 22.9 Å². The van der Waals surface area contributed by atoms with Crippen LogP contribution in [0.1, 0.15) is 43.2 Å². The second-order valence-corrected chi connectivity index (χ2v) is 7.96. The lowest BCUT2D eigenvalue weighted by molar-refractivity contribution is 0.0556. The molecule has 2 aliphatic heterocycles. The summed E-state index contributed by atoms with van der Waals surface area (Å²) < 4.78 is 0.511. The number of benzene rings is 1. The van der Waals surface area contributed by atoms with E-state index >= 15 is 0 Å². The van der Waals surface area contributed by atoms with Crippen molar-refractivity contribution in [3.8, 4) is 0 Å². The molecule has 0 spiro atoms. The van der Waals surface area contributed by atoms with Gasteiger partial charge in [0.1, 0.15) is 0 Å². The summed E-state index contributed by atoms with van der Waals surface area (Å²) in [6.07, 6.45) is 1.47. The van der Waals surface area contributed by atoms with Gasteiger partial charge in [-0.3, -0.25) is 19.3 Å². The summed E-state index contributed by atoms with van der Waals surface area (Å²) in [7, 11) is 0. The lowest BCUT2D eigenvalue weighted by Gasteiger charge is -2.29. The van der Waals surface area contributed by atoms with Gasteiger partial charge in [-0.1, -0.05) is 17.7 Å². The Bertz CT molecular complexity index is 905. The van der Waals surface area contributed by atoms with Gasteiger partial charge in [0, 0.05) is 6.04 Å². The lowest BCUT2D eigenvalue weighted by atomic mass is 10.1. The minimum Gasteiger partial charge on any atom is -0.321 e. The fraction of sp³-hybridized carbons (Fsp3) is 0.278. The van der Waals surface area contributed by atoms with Crippen LogP contribution in [0.4, 0.5) is 5.69 Å². The number of carbonyl (C=O) groups excluding carboxylic acids is 3. The van der Waals surface area contributed by atoms with Crippen LogP contribution in [-0.2, 0) is 0 Å². The van der Waals surface area contributed by atoms with Crippen molar-refractivity contribution in [2.75, 3.05) is 18.4 Å². The highest BCUT2D eigenvalue weighted by atomic mass is 35.5. The van der Waals surface area contributed by atoms with Crippen molar-refractivity contribution in [1.82, 2.24) is 10.2 Å². The van der Waals surface area contributed by atoms with E-state index in [1.54, 1.807) is 30.3 Å². The van der Waals surface area contributed by atoms with Crippen molar-refractivity contribution in [3.63, 3.8) is 0 Å². The first-order valence-electron chi connectivity index (χ1n) is 8.34. The molecular formula is C18H16ClN3O3S. The Morgan fingerprint density at radius 2 is 1.92 bits per heavy atom. The maximum Gasteiger partial charge on any atom is 0.265 e. The normalized spacial score (nSPS) is 17.5. The van der Waals surface area contributed by atoms with Crippen molar-refractivity contribution in [1.29, 1.82) is 0 Å². The number of hydrogen-bond acceptors (Lipinski definition) is 5. The van der Waals surface area contributed by atoms with E-state index in [1.807, 2.05) is 0 Å². The van der Waals surface area contributed by atoms with Crippen molar-refractivity contribution in [2.24, 2.45) is 0 Å². The molecule has 1 aromatic carbocycles. The van der Waals surface area contributed by atoms with Gasteiger partial charge in [0.05, 0.1) is 26.0 Å². The highest BCUT2D eigenvalue weighted by Crippen LogP contribution is 2.33. The summed E-state index contributed by atoms with van der Waals surface area (Å²) in [6.45, 7) is 1.56. The first-order chi connectivity index (χ1) is 12.6. The van der Waals surface area contributed by atoms with E-state index in [1.165, 1.54) is 4.90 Å². The number of nitrogens with zero attached hydrogens (tertiary/aromatic N) is 1. The van der Waals surface area contributed by atoms with Crippen LogP contribution in [0.15, 0.2) is 30.3 Å². The van der Waals surface area contributed by atoms with E-state index in [4.69, 9.17) is 11.6 Å². The highest BCUT2D eigenvalue weighted by molar-refractivity contribution is 7.18. The molecule has 6 nitrogen and oxygen atoms in total. The van der Waals surface area contributed by atoms with E-state index in [2.05, 4.69) is 10.6 Å². The summed E-state index contributed by atoms with van der Waals surface area (Å²) in [5.74, 6) is -0.972. The van der Waals surface area contributed by atoms with Crippen molar-refractivity contribution in [2.45, 2.75) is 18.9 Å². The van der Waals surface area contributed by atoms with E-state index < -0.39 is 0 Å². The number of amides is 3. The van der Waals surface area contributed by atoms with Crippen LogP contribution in [0.25, 0.3) is 0 Å². The fourth-order valence-corrected chi connectivity index (χ4v) is 4.36. The number of carbonyl (C=O) groups is 3. The van der Waals surface area contributed by atoms with E-state index in [0.717, 1.165) is 37.3 Å². The van der Waals surface area contributed by atoms with Crippen molar-refractivity contribution in [3.05, 3.63) is 50.7 Å². The molecule has 0 unspecified atom stereocenters. The van der Waals surface area contributed by atoms with Crippen LogP contribution in [0.5, 0.6) is 0 Å². The third-order valence-corrected chi connectivity index (χ3v) is 5.90. The monoisotopic (exact) mass is 389 g/mol. The van der Waals surface area contributed by atoms with Gasteiger partial charge in [0.15, 0.2) is 0 Å². The molecule has 3 heterocycles. The first-order valence-corrected chi connectivity index (χ1v) is 9.54. The molecular weight excluding hydrogens is 374 g/mol. The standard InChI is InChI=1S/C18H16ClN3O3S/c19-14-5-4-13(26-14)16(23)21-12-3-1-2-11-15(12)18(25)22(17(11)24)10-6-8-20-9-7-10/h1-5,10,20H,6-9H2,(H,21,23). The van der Waals surface area contributed by atoms with Crippen molar-refractivity contribution < 1.29 is 14.4 Å². The van der Waals surface area contributed by atoms with Crippen LogP contribution < -0.4 is 10.6 Å². The maximum atomic E-state index is 13.0. The van der Waals surface area contributed by atoms with Gasteiger partial charge in [0.25, 0.3) is 17.7 Å².